The predicted octanol–water partition coefficient (Wildman–Crippen LogP) is 0.260. The summed E-state index contributed by atoms with van der Waals surface area (Å²) in [4.78, 5) is 23.0. The third-order valence-corrected chi connectivity index (χ3v) is 3.26. The molecule has 2 rings (SSSR count). The lowest BCUT2D eigenvalue weighted by atomic mass is 10.1. The molecule has 1 aromatic rings. The van der Waals surface area contributed by atoms with Gasteiger partial charge in [-0.15, -0.1) is 0 Å². The van der Waals surface area contributed by atoms with Crippen molar-refractivity contribution in [1.82, 2.24) is 16.0 Å². The van der Waals surface area contributed by atoms with Crippen LogP contribution in [0.25, 0.3) is 0 Å². The van der Waals surface area contributed by atoms with E-state index in [0.717, 1.165) is 5.56 Å². The van der Waals surface area contributed by atoms with E-state index in [4.69, 9.17) is 0 Å². The molecule has 1 fully saturated rings. The van der Waals surface area contributed by atoms with Crippen LogP contribution in [0, 0.1) is 6.92 Å². The van der Waals surface area contributed by atoms with Gasteiger partial charge in [0.25, 0.3) is 0 Å². The van der Waals surface area contributed by atoms with Gasteiger partial charge in [0, 0.05) is 6.54 Å². The summed E-state index contributed by atoms with van der Waals surface area (Å²) in [7, 11) is 0. The first-order chi connectivity index (χ1) is 9.06. The highest BCUT2D eigenvalue weighted by Crippen LogP contribution is 2.13. The van der Waals surface area contributed by atoms with Crippen molar-refractivity contribution in [2.45, 2.75) is 25.9 Å². The van der Waals surface area contributed by atoms with E-state index in [1.54, 1.807) is 0 Å². The van der Waals surface area contributed by atoms with Crippen LogP contribution >= 0.6 is 0 Å². The van der Waals surface area contributed by atoms with Crippen LogP contribution in [0.3, 0.4) is 0 Å². The molecule has 0 radical (unpaired) electrons. The van der Waals surface area contributed by atoms with Crippen LogP contribution in [-0.4, -0.2) is 30.9 Å². The second kappa shape index (κ2) is 5.84. The zero-order valence-electron chi connectivity index (χ0n) is 11.2. The largest absolute Gasteiger partial charge is 0.353 e. The number of piperazine rings is 1. The van der Waals surface area contributed by atoms with Gasteiger partial charge in [-0.1, -0.05) is 29.8 Å². The second-order valence-electron chi connectivity index (χ2n) is 4.88. The van der Waals surface area contributed by atoms with E-state index < -0.39 is 0 Å². The van der Waals surface area contributed by atoms with E-state index in [-0.39, 0.29) is 30.4 Å². The molecule has 0 saturated carbocycles. The summed E-state index contributed by atoms with van der Waals surface area (Å²) in [6, 6.07) is 7.67. The fourth-order valence-electron chi connectivity index (χ4n) is 2.00. The molecule has 0 aliphatic carbocycles. The fraction of sp³-hybridized carbons (Fsp3) is 0.429. The number of aryl methyl sites for hydroxylation is 1. The van der Waals surface area contributed by atoms with Gasteiger partial charge in [0.15, 0.2) is 0 Å². The summed E-state index contributed by atoms with van der Waals surface area (Å²) in [5.41, 5.74) is 2.26. The van der Waals surface area contributed by atoms with Crippen LogP contribution < -0.4 is 16.0 Å². The first-order valence-corrected chi connectivity index (χ1v) is 6.43. The molecule has 1 aromatic carbocycles. The minimum atomic E-state index is -0.356. The maximum absolute atomic E-state index is 12.0. The standard InChI is InChI=1S/C14H19N3O2/c1-9-3-5-11(6-4-9)10(2)17-14(19)12-7-16-13(18)8-15-12/h3-6,10,12,15H,7-8H2,1-2H3,(H,16,18)(H,17,19)/t10-,12?/m1/s1. The van der Waals surface area contributed by atoms with E-state index in [9.17, 15) is 9.59 Å². The lowest BCUT2D eigenvalue weighted by Gasteiger charge is -2.25. The molecular formula is C14H19N3O2. The highest BCUT2D eigenvalue weighted by Gasteiger charge is 2.24. The van der Waals surface area contributed by atoms with E-state index in [1.807, 2.05) is 38.1 Å². The Bertz CT molecular complexity index is 460. The number of carbonyl (C=O) groups excluding carboxylic acids is 2. The van der Waals surface area contributed by atoms with Crippen molar-refractivity contribution in [2.75, 3.05) is 13.1 Å². The summed E-state index contributed by atoms with van der Waals surface area (Å²) in [6.45, 7) is 4.51. The molecule has 1 aliphatic heterocycles. The first kappa shape index (κ1) is 13.5. The molecule has 1 aliphatic rings. The van der Waals surface area contributed by atoms with Crippen LogP contribution in [0.15, 0.2) is 24.3 Å². The molecule has 102 valence electrons. The van der Waals surface area contributed by atoms with Gasteiger partial charge in [0.05, 0.1) is 12.6 Å². The number of nitrogens with one attached hydrogen (secondary N) is 3. The predicted molar refractivity (Wildman–Crippen MR) is 72.5 cm³/mol. The molecule has 1 heterocycles. The highest BCUT2D eigenvalue weighted by molar-refractivity contribution is 5.86. The molecule has 2 amide bonds. The Morgan fingerprint density at radius 1 is 1.37 bits per heavy atom. The summed E-state index contributed by atoms with van der Waals surface area (Å²) in [5.74, 6) is -0.163. The van der Waals surface area contributed by atoms with Crippen molar-refractivity contribution in [3.8, 4) is 0 Å². The molecule has 5 nitrogen and oxygen atoms in total. The molecule has 1 saturated heterocycles. The van der Waals surface area contributed by atoms with Crippen LogP contribution in [0.1, 0.15) is 24.1 Å². The molecule has 19 heavy (non-hydrogen) atoms. The highest BCUT2D eigenvalue weighted by atomic mass is 16.2. The summed E-state index contributed by atoms with van der Waals surface area (Å²) >= 11 is 0. The zero-order valence-corrected chi connectivity index (χ0v) is 11.2. The Kier molecular flexibility index (Phi) is 4.16. The minimum Gasteiger partial charge on any atom is -0.353 e. The first-order valence-electron chi connectivity index (χ1n) is 6.43. The Hall–Kier alpha value is -1.88. The lowest BCUT2D eigenvalue weighted by molar-refractivity contribution is -0.127. The van der Waals surface area contributed by atoms with Gasteiger partial charge in [0.2, 0.25) is 11.8 Å². The Morgan fingerprint density at radius 2 is 2.05 bits per heavy atom. The number of carbonyl (C=O) groups is 2. The van der Waals surface area contributed by atoms with E-state index in [1.165, 1.54) is 5.56 Å². The number of hydrogen-bond donors (Lipinski definition) is 3. The SMILES string of the molecule is Cc1ccc([C@@H](C)NC(=O)C2CNC(=O)CN2)cc1. The molecule has 0 aromatic heterocycles. The average molecular weight is 261 g/mol. The minimum absolute atomic E-state index is 0.0486. The summed E-state index contributed by atoms with van der Waals surface area (Å²) in [5, 5.41) is 8.53. The fourth-order valence-corrected chi connectivity index (χ4v) is 2.00. The topological polar surface area (TPSA) is 70.2 Å². The molecule has 0 spiro atoms. The van der Waals surface area contributed by atoms with Gasteiger partial charge in [-0.2, -0.15) is 0 Å². The van der Waals surface area contributed by atoms with Crippen molar-refractivity contribution in [3.05, 3.63) is 35.4 Å². The molecule has 1 unspecified atom stereocenters. The second-order valence-corrected chi connectivity index (χ2v) is 4.88. The Morgan fingerprint density at radius 3 is 2.63 bits per heavy atom. The molecule has 0 bridgehead atoms. The summed E-state index contributed by atoms with van der Waals surface area (Å²) in [6.07, 6.45) is 0. The normalized spacial score (nSPS) is 20.5. The van der Waals surface area contributed by atoms with Crippen molar-refractivity contribution in [3.63, 3.8) is 0 Å². The quantitative estimate of drug-likeness (QED) is 0.731. The lowest BCUT2D eigenvalue weighted by Crippen LogP contribution is -2.58. The van der Waals surface area contributed by atoms with Crippen molar-refractivity contribution in [2.24, 2.45) is 0 Å². The summed E-state index contributed by atoms with van der Waals surface area (Å²) < 4.78 is 0. The molecule has 5 heteroatoms. The number of benzene rings is 1. The number of amides is 2. The third kappa shape index (κ3) is 3.54. The Balaban J connectivity index is 1.91. The average Bonchev–Trinajstić information content (AvgIpc) is 2.40. The number of hydrogen-bond acceptors (Lipinski definition) is 3. The zero-order chi connectivity index (χ0) is 13.8. The van der Waals surface area contributed by atoms with Gasteiger partial charge < -0.3 is 10.6 Å². The van der Waals surface area contributed by atoms with Gasteiger partial charge in [0.1, 0.15) is 6.04 Å². The molecule has 2 atom stereocenters. The van der Waals surface area contributed by atoms with Crippen LogP contribution in [0.4, 0.5) is 0 Å². The van der Waals surface area contributed by atoms with Crippen molar-refractivity contribution in [1.29, 1.82) is 0 Å². The van der Waals surface area contributed by atoms with Crippen molar-refractivity contribution >= 4 is 11.8 Å². The smallest absolute Gasteiger partial charge is 0.239 e. The molecule has 3 N–H and O–H groups in total. The van der Waals surface area contributed by atoms with E-state index in [0.29, 0.717) is 6.54 Å². The van der Waals surface area contributed by atoms with E-state index >= 15 is 0 Å². The van der Waals surface area contributed by atoms with E-state index in [2.05, 4.69) is 16.0 Å². The third-order valence-electron chi connectivity index (χ3n) is 3.26. The molecular weight excluding hydrogens is 242 g/mol. The Labute approximate surface area is 112 Å². The van der Waals surface area contributed by atoms with Crippen molar-refractivity contribution < 1.29 is 9.59 Å². The van der Waals surface area contributed by atoms with Gasteiger partial charge >= 0.3 is 0 Å². The maximum Gasteiger partial charge on any atom is 0.239 e. The van der Waals surface area contributed by atoms with Crippen LogP contribution in [-0.2, 0) is 9.59 Å². The monoisotopic (exact) mass is 261 g/mol. The van der Waals surface area contributed by atoms with Crippen LogP contribution in [0.5, 0.6) is 0 Å². The number of rotatable bonds is 3. The van der Waals surface area contributed by atoms with Gasteiger partial charge in [-0.25, -0.2) is 0 Å². The maximum atomic E-state index is 12.0. The van der Waals surface area contributed by atoms with Crippen LogP contribution in [0.2, 0.25) is 0 Å². The van der Waals surface area contributed by atoms with Gasteiger partial charge in [-0.3, -0.25) is 14.9 Å². The van der Waals surface area contributed by atoms with Gasteiger partial charge in [-0.05, 0) is 19.4 Å².